The number of nitrogens with zero attached hydrogens (tertiary/aromatic N) is 2. The molecule has 0 aliphatic carbocycles. The molecule has 0 N–H and O–H groups in total. The lowest BCUT2D eigenvalue weighted by molar-refractivity contribution is -0.139. The van der Waals surface area contributed by atoms with E-state index in [0.29, 0.717) is 12.8 Å². The summed E-state index contributed by atoms with van der Waals surface area (Å²) >= 11 is 0. The van der Waals surface area contributed by atoms with Gasteiger partial charge in [0.1, 0.15) is 0 Å². The Morgan fingerprint density at radius 3 is 2.67 bits per heavy atom. The fourth-order valence-electron chi connectivity index (χ4n) is 1.72. The summed E-state index contributed by atoms with van der Waals surface area (Å²) in [5.74, 6) is -0.234. The summed E-state index contributed by atoms with van der Waals surface area (Å²) in [6.45, 7) is 1.46. The quantitative estimate of drug-likeness (QED) is 0.717. The van der Waals surface area contributed by atoms with E-state index < -0.39 is 0 Å². The van der Waals surface area contributed by atoms with Crippen LogP contribution in [0.15, 0.2) is 24.3 Å². The summed E-state index contributed by atoms with van der Waals surface area (Å²) in [5, 5.41) is 8.55. The number of rotatable bonds is 6. The van der Waals surface area contributed by atoms with Gasteiger partial charge in [-0.1, -0.05) is 24.3 Å². The zero-order valence-electron chi connectivity index (χ0n) is 10.8. The molecule has 0 bridgehead atoms. The molecule has 0 heterocycles. The average Bonchev–Trinajstić information content (AvgIpc) is 2.38. The number of ether oxygens (including phenoxy) is 1. The second kappa shape index (κ2) is 7.46. The first kappa shape index (κ1) is 14.2. The maximum absolute atomic E-state index is 11.3. The maximum Gasteiger partial charge on any atom is 0.309 e. The third kappa shape index (κ3) is 4.56. The molecule has 18 heavy (non-hydrogen) atoms. The molecule has 0 spiro atoms. The van der Waals surface area contributed by atoms with Crippen LogP contribution in [-0.4, -0.2) is 31.6 Å². The first-order valence-electron chi connectivity index (χ1n) is 5.86. The van der Waals surface area contributed by atoms with Crippen LogP contribution in [0.25, 0.3) is 0 Å². The Morgan fingerprint density at radius 2 is 2.06 bits per heavy atom. The van der Waals surface area contributed by atoms with Crippen molar-refractivity contribution in [2.45, 2.75) is 19.4 Å². The van der Waals surface area contributed by atoms with Crippen LogP contribution in [0.1, 0.15) is 17.5 Å². The van der Waals surface area contributed by atoms with Gasteiger partial charge in [-0.15, -0.1) is 0 Å². The first-order chi connectivity index (χ1) is 8.67. The summed E-state index contributed by atoms with van der Waals surface area (Å²) in [6.07, 6.45) is 0.800. The van der Waals surface area contributed by atoms with Gasteiger partial charge in [-0.05, 0) is 18.2 Å². The number of nitriles is 1. The molecule has 0 aromatic heterocycles. The maximum atomic E-state index is 11.3. The van der Waals surface area contributed by atoms with Crippen molar-refractivity contribution in [2.24, 2.45) is 0 Å². The highest BCUT2D eigenvalue weighted by molar-refractivity contribution is 5.72. The number of carbonyl (C=O) groups is 1. The summed E-state index contributed by atoms with van der Waals surface area (Å²) in [5.41, 5.74) is 2.08. The highest BCUT2D eigenvalue weighted by Gasteiger charge is 2.09. The monoisotopic (exact) mass is 246 g/mol. The summed E-state index contributed by atoms with van der Waals surface area (Å²) in [4.78, 5) is 13.4. The van der Waals surface area contributed by atoms with Crippen LogP contribution in [-0.2, 0) is 22.5 Å². The lowest BCUT2D eigenvalue weighted by atomic mass is 10.0. The number of carbonyl (C=O) groups excluding carboxylic acids is 1. The summed E-state index contributed by atoms with van der Waals surface area (Å²) in [6, 6.07) is 9.93. The van der Waals surface area contributed by atoms with E-state index in [1.807, 2.05) is 31.3 Å². The topological polar surface area (TPSA) is 53.3 Å². The Labute approximate surface area is 108 Å². The van der Waals surface area contributed by atoms with Gasteiger partial charge in [0, 0.05) is 19.5 Å². The third-order valence-electron chi connectivity index (χ3n) is 2.73. The molecule has 0 radical (unpaired) electrons. The van der Waals surface area contributed by atoms with Crippen molar-refractivity contribution in [3.8, 4) is 6.07 Å². The standard InChI is InChI=1S/C14H18N2O2/c1-16(9-5-8-15)11-13-7-4-3-6-12(13)10-14(17)18-2/h3-4,6-7H,5,9-11H2,1-2H3. The molecule has 0 unspecified atom stereocenters. The first-order valence-corrected chi connectivity index (χ1v) is 5.86. The van der Waals surface area contributed by atoms with Gasteiger partial charge < -0.3 is 9.64 Å². The Morgan fingerprint density at radius 1 is 1.39 bits per heavy atom. The van der Waals surface area contributed by atoms with Crippen LogP contribution in [0.4, 0.5) is 0 Å². The molecule has 1 aromatic rings. The van der Waals surface area contributed by atoms with Crippen LogP contribution in [0.3, 0.4) is 0 Å². The highest BCUT2D eigenvalue weighted by atomic mass is 16.5. The molecule has 4 nitrogen and oxygen atoms in total. The number of methoxy groups -OCH3 is 1. The minimum Gasteiger partial charge on any atom is -0.469 e. The number of esters is 1. The molecule has 4 heteroatoms. The third-order valence-corrected chi connectivity index (χ3v) is 2.73. The molecule has 0 atom stereocenters. The van der Waals surface area contributed by atoms with Crippen LogP contribution in [0.2, 0.25) is 0 Å². The van der Waals surface area contributed by atoms with E-state index in [9.17, 15) is 4.79 Å². The number of hydrogen-bond acceptors (Lipinski definition) is 4. The Balaban J connectivity index is 2.70. The van der Waals surface area contributed by atoms with Crippen LogP contribution >= 0.6 is 0 Å². The fraction of sp³-hybridized carbons (Fsp3) is 0.429. The van der Waals surface area contributed by atoms with E-state index in [1.165, 1.54) is 7.11 Å². The van der Waals surface area contributed by atoms with Gasteiger partial charge >= 0.3 is 5.97 Å². The molecule has 0 amide bonds. The van der Waals surface area contributed by atoms with Gasteiger partial charge in [-0.3, -0.25) is 4.79 Å². The molecule has 1 rings (SSSR count). The largest absolute Gasteiger partial charge is 0.469 e. The van der Waals surface area contributed by atoms with Gasteiger partial charge in [-0.25, -0.2) is 0 Å². The van der Waals surface area contributed by atoms with Crippen molar-refractivity contribution < 1.29 is 9.53 Å². The second-order valence-electron chi connectivity index (χ2n) is 4.17. The predicted octanol–water partition coefficient (Wildman–Crippen LogP) is 1.75. The molecule has 0 fully saturated rings. The SMILES string of the molecule is COC(=O)Cc1ccccc1CN(C)CCC#N. The van der Waals surface area contributed by atoms with Gasteiger partial charge in [0.15, 0.2) is 0 Å². The van der Waals surface area contributed by atoms with Crippen molar-refractivity contribution in [3.63, 3.8) is 0 Å². The molecule has 0 saturated carbocycles. The van der Waals surface area contributed by atoms with Crippen molar-refractivity contribution in [1.82, 2.24) is 4.90 Å². The number of hydrogen-bond donors (Lipinski definition) is 0. The van der Waals surface area contributed by atoms with E-state index in [0.717, 1.165) is 24.2 Å². The van der Waals surface area contributed by atoms with Gasteiger partial charge in [0.25, 0.3) is 0 Å². The van der Waals surface area contributed by atoms with Crippen LogP contribution in [0.5, 0.6) is 0 Å². The van der Waals surface area contributed by atoms with E-state index in [4.69, 9.17) is 5.26 Å². The van der Waals surface area contributed by atoms with Crippen LogP contribution in [0, 0.1) is 11.3 Å². The minimum atomic E-state index is -0.234. The van der Waals surface area contributed by atoms with E-state index in [1.54, 1.807) is 0 Å². The van der Waals surface area contributed by atoms with E-state index >= 15 is 0 Å². The number of benzene rings is 1. The second-order valence-corrected chi connectivity index (χ2v) is 4.17. The van der Waals surface area contributed by atoms with Crippen molar-refractivity contribution in [2.75, 3.05) is 20.7 Å². The Kier molecular flexibility index (Phi) is 5.89. The van der Waals surface area contributed by atoms with Crippen LogP contribution < -0.4 is 0 Å². The zero-order valence-corrected chi connectivity index (χ0v) is 10.8. The normalized spacial score (nSPS) is 10.1. The molecule has 96 valence electrons. The molecule has 1 aromatic carbocycles. The highest BCUT2D eigenvalue weighted by Crippen LogP contribution is 2.12. The van der Waals surface area contributed by atoms with Gasteiger partial charge in [0.05, 0.1) is 19.6 Å². The van der Waals surface area contributed by atoms with E-state index in [-0.39, 0.29) is 5.97 Å². The lowest BCUT2D eigenvalue weighted by Gasteiger charge is -2.17. The average molecular weight is 246 g/mol. The smallest absolute Gasteiger partial charge is 0.309 e. The Bertz CT molecular complexity index is 438. The fourth-order valence-corrected chi connectivity index (χ4v) is 1.72. The van der Waals surface area contributed by atoms with Gasteiger partial charge in [-0.2, -0.15) is 5.26 Å². The predicted molar refractivity (Wildman–Crippen MR) is 68.7 cm³/mol. The molecular weight excluding hydrogens is 228 g/mol. The zero-order chi connectivity index (χ0) is 13.4. The molecule has 0 aliphatic heterocycles. The summed E-state index contributed by atoms with van der Waals surface area (Å²) in [7, 11) is 3.36. The molecule has 0 aliphatic rings. The lowest BCUT2D eigenvalue weighted by Crippen LogP contribution is -2.20. The van der Waals surface area contributed by atoms with Crippen molar-refractivity contribution in [1.29, 1.82) is 5.26 Å². The van der Waals surface area contributed by atoms with Crippen molar-refractivity contribution in [3.05, 3.63) is 35.4 Å². The molecule has 0 saturated heterocycles. The molecular formula is C14H18N2O2. The van der Waals surface area contributed by atoms with Gasteiger partial charge in [0.2, 0.25) is 0 Å². The summed E-state index contributed by atoms with van der Waals surface area (Å²) < 4.78 is 4.68. The van der Waals surface area contributed by atoms with E-state index in [2.05, 4.69) is 15.7 Å². The minimum absolute atomic E-state index is 0.234. The van der Waals surface area contributed by atoms with Crippen molar-refractivity contribution >= 4 is 5.97 Å². The Hall–Kier alpha value is -1.86.